The number of benzene rings is 2. The Morgan fingerprint density at radius 1 is 1.00 bits per heavy atom. The highest BCUT2D eigenvalue weighted by molar-refractivity contribution is 5.27. The predicted octanol–water partition coefficient (Wildman–Crippen LogP) is 4.44. The molecular weight excluding hydrogens is 282 g/mol. The maximum absolute atomic E-state index is 13.1. The van der Waals surface area contributed by atoms with E-state index in [1.165, 1.54) is 18.2 Å². The minimum absolute atomic E-state index is 0.292. The molecular formula is C16H15F4N. The molecule has 0 unspecified atom stereocenters. The second-order valence-corrected chi connectivity index (χ2v) is 4.87. The van der Waals surface area contributed by atoms with Crippen molar-refractivity contribution in [3.05, 3.63) is 70.5 Å². The third-order valence-electron chi connectivity index (χ3n) is 3.21. The summed E-state index contributed by atoms with van der Waals surface area (Å²) in [7, 11) is 0. The molecule has 0 fully saturated rings. The first-order chi connectivity index (χ1) is 9.86. The van der Waals surface area contributed by atoms with E-state index in [1.54, 1.807) is 12.1 Å². The molecule has 0 bridgehead atoms. The van der Waals surface area contributed by atoms with E-state index < -0.39 is 11.7 Å². The van der Waals surface area contributed by atoms with Gasteiger partial charge < -0.3 is 5.32 Å². The van der Waals surface area contributed by atoms with Crippen molar-refractivity contribution in [2.24, 2.45) is 0 Å². The van der Waals surface area contributed by atoms with Crippen molar-refractivity contribution in [3.63, 3.8) is 0 Å². The van der Waals surface area contributed by atoms with Crippen molar-refractivity contribution in [1.82, 2.24) is 5.32 Å². The van der Waals surface area contributed by atoms with Crippen LogP contribution in [0.3, 0.4) is 0 Å². The molecule has 2 aromatic rings. The van der Waals surface area contributed by atoms with Gasteiger partial charge in [-0.05, 0) is 41.8 Å². The largest absolute Gasteiger partial charge is 0.416 e. The molecule has 0 aliphatic heterocycles. The van der Waals surface area contributed by atoms with Gasteiger partial charge in [-0.2, -0.15) is 13.2 Å². The lowest BCUT2D eigenvalue weighted by molar-refractivity contribution is -0.137. The number of alkyl halides is 3. The van der Waals surface area contributed by atoms with Crippen LogP contribution >= 0.6 is 0 Å². The minimum atomic E-state index is -4.34. The highest BCUT2D eigenvalue weighted by atomic mass is 19.4. The highest BCUT2D eigenvalue weighted by Crippen LogP contribution is 2.29. The second kappa shape index (κ2) is 6.26. The van der Waals surface area contributed by atoms with Gasteiger partial charge in [0.2, 0.25) is 0 Å². The Morgan fingerprint density at radius 3 is 2.48 bits per heavy atom. The molecule has 0 aliphatic rings. The van der Waals surface area contributed by atoms with Gasteiger partial charge >= 0.3 is 6.18 Å². The van der Waals surface area contributed by atoms with Crippen molar-refractivity contribution >= 4 is 0 Å². The van der Waals surface area contributed by atoms with Crippen molar-refractivity contribution < 1.29 is 17.6 Å². The monoisotopic (exact) mass is 297 g/mol. The van der Waals surface area contributed by atoms with Crippen LogP contribution in [0.1, 0.15) is 22.3 Å². The van der Waals surface area contributed by atoms with Crippen LogP contribution in [0.25, 0.3) is 0 Å². The molecule has 0 amide bonds. The van der Waals surface area contributed by atoms with E-state index in [0.29, 0.717) is 18.7 Å². The Labute approximate surface area is 120 Å². The Kier molecular flexibility index (Phi) is 4.63. The van der Waals surface area contributed by atoms with Gasteiger partial charge in [0.15, 0.2) is 0 Å². The third kappa shape index (κ3) is 4.29. The first-order valence-corrected chi connectivity index (χ1v) is 6.48. The fraction of sp³-hybridized carbons (Fsp3) is 0.250. The Morgan fingerprint density at radius 2 is 1.76 bits per heavy atom. The number of nitrogens with one attached hydrogen (secondary N) is 1. The number of hydrogen-bond acceptors (Lipinski definition) is 1. The molecule has 0 atom stereocenters. The predicted molar refractivity (Wildman–Crippen MR) is 73.1 cm³/mol. The summed E-state index contributed by atoms with van der Waals surface area (Å²) in [6.45, 7) is 2.56. The summed E-state index contributed by atoms with van der Waals surface area (Å²) in [5.41, 5.74) is 1.61. The van der Waals surface area contributed by atoms with Crippen LogP contribution in [0.15, 0.2) is 42.5 Å². The summed E-state index contributed by atoms with van der Waals surface area (Å²) < 4.78 is 50.9. The van der Waals surface area contributed by atoms with Gasteiger partial charge in [-0.15, -0.1) is 0 Å². The molecule has 5 heteroatoms. The third-order valence-corrected chi connectivity index (χ3v) is 3.21. The first-order valence-electron chi connectivity index (χ1n) is 6.48. The number of aryl methyl sites for hydroxylation is 1. The van der Waals surface area contributed by atoms with E-state index >= 15 is 0 Å². The molecule has 2 aromatic carbocycles. The summed E-state index contributed by atoms with van der Waals surface area (Å²) in [5, 5.41) is 3.03. The summed E-state index contributed by atoms with van der Waals surface area (Å²) >= 11 is 0. The maximum Gasteiger partial charge on any atom is 0.416 e. The van der Waals surface area contributed by atoms with Gasteiger partial charge in [-0.3, -0.25) is 0 Å². The lowest BCUT2D eigenvalue weighted by Crippen LogP contribution is -2.14. The van der Waals surface area contributed by atoms with Gasteiger partial charge in [0.1, 0.15) is 5.82 Å². The molecule has 112 valence electrons. The lowest BCUT2D eigenvalue weighted by atomic mass is 10.1. The molecule has 2 rings (SSSR count). The fourth-order valence-corrected chi connectivity index (χ4v) is 2.03. The Hall–Kier alpha value is -1.88. The molecule has 0 saturated heterocycles. The normalized spacial score (nSPS) is 11.7. The average Bonchev–Trinajstić information content (AvgIpc) is 2.42. The van der Waals surface area contributed by atoms with Crippen LogP contribution < -0.4 is 5.32 Å². The van der Waals surface area contributed by atoms with Crippen molar-refractivity contribution in [3.8, 4) is 0 Å². The van der Waals surface area contributed by atoms with Crippen LogP contribution in [0.2, 0.25) is 0 Å². The molecule has 0 saturated carbocycles. The Balaban J connectivity index is 1.99. The van der Waals surface area contributed by atoms with E-state index in [9.17, 15) is 17.6 Å². The SMILES string of the molecule is Cc1ccc(F)cc1CNCc1cccc(C(F)(F)F)c1. The van der Waals surface area contributed by atoms with E-state index in [-0.39, 0.29) is 5.82 Å². The van der Waals surface area contributed by atoms with Crippen LogP contribution in [-0.4, -0.2) is 0 Å². The minimum Gasteiger partial charge on any atom is -0.309 e. The van der Waals surface area contributed by atoms with Crippen molar-refractivity contribution in [2.45, 2.75) is 26.2 Å². The number of hydrogen-bond donors (Lipinski definition) is 1. The molecule has 0 spiro atoms. The molecule has 0 radical (unpaired) electrons. The number of rotatable bonds is 4. The van der Waals surface area contributed by atoms with Gasteiger partial charge in [0.25, 0.3) is 0 Å². The average molecular weight is 297 g/mol. The molecule has 0 aliphatic carbocycles. The zero-order valence-electron chi connectivity index (χ0n) is 11.5. The van der Waals surface area contributed by atoms with Gasteiger partial charge in [0, 0.05) is 13.1 Å². The summed E-state index contributed by atoms with van der Waals surface area (Å²) in [4.78, 5) is 0. The first kappa shape index (κ1) is 15.5. The van der Waals surface area contributed by atoms with Crippen LogP contribution in [-0.2, 0) is 19.3 Å². The zero-order valence-corrected chi connectivity index (χ0v) is 11.5. The smallest absolute Gasteiger partial charge is 0.309 e. The van der Waals surface area contributed by atoms with Crippen LogP contribution in [0.4, 0.5) is 17.6 Å². The van der Waals surface area contributed by atoms with Crippen molar-refractivity contribution in [2.75, 3.05) is 0 Å². The fourth-order valence-electron chi connectivity index (χ4n) is 2.03. The van der Waals surface area contributed by atoms with E-state index in [2.05, 4.69) is 5.32 Å². The lowest BCUT2D eigenvalue weighted by Gasteiger charge is -2.10. The number of halogens is 4. The highest BCUT2D eigenvalue weighted by Gasteiger charge is 2.30. The molecule has 1 N–H and O–H groups in total. The maximum atomic E-state index is 13.1. The van der Waals surface area contributed by atoms with E-state index in [4.69, 9.17) is 0 Å². The standard InChI is InChI=1S/C16H15F4N/c1-11-5-6-15(17)8-13(11)10-21-9-12-3-2-4-14(7-12)16(18,19)20/h2-8,21H,9-10H2,1H3. The van der Waals surface area contributed by atoms with E-state index in [0.717, 1.165) is 23.3 Å². The Bertz CT molecular complexity index is 620. The topological polar surface area (TPSA) is 12.0 Å². The molecule has 1 nitrogen and oxygen atoms in total. The summed E-state index contributed by atoms with van der Waals surface area (Å²) in [6.07, 6.45) is -4.34. The molecule has 0 aromatic heterocycles. The van der Waals surface area contributed by atoms with Gasteiger partial charge in [-0.25, -0.2) is 4.39 Å². The van der Waals surface area contributed by atoms with Crippen LogP contribution in [0.5, 0.6) is 0 Å². The van der Waals surface area contributed by atoms with Gasteiger partial charge in [-0.1, -0.05) is 24.3 Å². The summed E-state index contributed by atoms with van der Waals surface area (Å²) in [5.74, 6) is -0.323. The zero-order chi connectivity index (χ0) is 15.5. The molecule has 21 heavy (non-hydrogen) atoms. The van der Waals surface area contributed by atoms with Crippen LogP contribution in [0, 0.1) is 12.7 Å². The molecule has 0 heterocycles. The summed E-state index contributed by atoms with van der Waals surface area (Å²) in [6, 6.07) is 9.65. The van der Waals surface area contributed by atoms with E-state index in [1.807, 2.05) is 6.92 Å². The second-order valence-electron chi connectivity index (χ2n) is 4.87. The van der Waals surface area contributed by atoms with Gasteiger partial charge in [0.05, 0.1) is 5.56 Å². The van der Waals surface area contributed by atoms with Crippen molar-refractivity contribution in [1.29, 1.82) is 0 Å². The quantitative estimate of drug-likeness (QED) is 0.823.